The van der Waals surface area contributed by atoms with E-state index in [1.807, 2.05) is 18.2 Å². The van der Waals surface area contributed by atoms with Crippen molar-refractivity contribution in [3.8, 4) is 0 Å². The zero-order valence-electron chi connectivity index (χ0n) is 34.1. The van der Waals surface area contributed by atoms with E-state index in [0.29, 0.717) is 30.3 Å². The molecule has 1 aromatic carbocycles. The Morgan fingerprint density at radius 1 is 0.966 bits per heavy atom. The number of hydrogen-bond acceptors (Lipinski definition) is 10. The van der Waals surface area contributed by atoms with Crippen LogP contribution in [0.2, 0.25) is 0 Å². The summed E-state index contributed by atoms with van der Waals surface area (Å²) >= 11 is 0. The Labute approximate surface area is 341 Å². The second-order valence-corrected chi connectivity index (χ2v) is 16.6. The van der Waals surface area contributed by atoms with Gasteiger partial charge in [0.05, 0.1) is 17.6 Å². The van der Waals surface area contributed by atoms with Gasteiger partial charge in [-0.1, -0.05) is 18.9 Å². The molecule has 3 aliphatic heterocycles. The monoisotopic (exact) mass is 824 g/mol. The number of primary amides is 1. The van der Waals surface area contributed by atoms with Crippen LogP contribution >= 0.6 is 0 Å². The van der Waals surface area contributed by atoms with E-state index in [0.717, 1.165) is 31.2 Å². The number of carboxylic acid groups (broad SMARTS) is 1. The molecule has 0 saturated carbocycles. The molecule has 19 heteroatoms. The summed E-state index contributed by atoms with van der Waals surface area (Å²) in [6.45, 7) is 5.12. The van der Waals surface area contributed by atoms with Crippen LogP contribution in [0, 0.1) is 0 Å². The van der Waals surface area contributed by atoms with E-state index in [1.165, 1.54) is 14.0 Å². The van der Waals surface area contributed by atoms with Gasteiger partial charge >= 0.3 is 17.8 Å². The molecule has 322 valence electrons. The number of carbonyl (C=O) groups excluding carboxylic acids is 7. The summed E-state index contributed by atoms with van der Waals surface area (Å²) in [5, 5.41) is 17.0. The number of piperidine rings is 1. The number of nitrogens with two attached hydrogens (primary N) is 1. The number of carbonyl (C=O) groups is 8. The molecule has 0 spiro atoms. The van der Waals surface area contributed by atoms with Crippen molar-refractivity contribution in [3.63, 3.8) is 0 Å². The molecule has 59 heavy (non-hydrogen) atoms. The SMILES string of the molecule is Cn1c(=O)n(C2CCC(=O)NC2=O)c2ccc(CCCCCCC(=O)N3CC[C@H]4CC[C@@H](C(=O)NC(CCC(N)=O)C(=O)O)N4C(=O)[C@@H](NC(=O)OC(C)(C)C)C3)cc21. The van der Waals surface area contributed by atoms with Gasteiger partial charge in [-0.25, -0.2) is 14.4 Å². The molecule has 6 N–H and O–H groups in total. The maximum absolute atomic E-state index is 14.2. The molecule has 2 unspecified atom stereocenters. The molecule has 5 atom stereocenters. The second kappa shape index (κ2) is 18.9. The summed E-state index contributed by atoms with van der Waals surface area (Å²) in [7, 11) is 1.65. The number of nitrogens with zero attached hydrogens (tertiary/aromatic N) is 4. The van der Waals surface area contributed by atoms with Crippen molar-refractivity contribution in [2.45, 2.75) is 140 Å². The Balaban J connectivity index is 1.17. The van der Waals surface area contributed by atoms with Gasteiger partial charge in [-0.15, -0.1) is 0 Å². The van der Waals surface area contributed by atoms with Gasteiger partial charge in [0.1, 0.15) is 29.8 Å². The highest BCUT2D eigenvalue weighted by molar-refractivity contribution is 6.00. The van der Waals surface area contributed by atoms with Crippen LogP contribution in [0.25, 0.3) is 11.0 Å². The average molecular weight is 825 g/mol. The number of fused-ring (bicyclic) bond motifs is 2. The van der Waals surface area contributed by atoms with Gasteiger partial charge in [0, 0.05) is 38.9 Å². The molecule has 2 aromatic rings. The van der Waals surface area contributed by atoms with Gasteiger partial charge in [0.15, 0.2) is 0 Å². The molecule has 0 aliphatic carbocycles. The molecule has 3 aliphatic rings. The van der Waals surface area contributed by atoms with E-state index in [9.17, 15) is 48.3 Å². The minimum atomic E-state index is -1.39. The van der Waals surface area contributed by atoms with Crippen LogP contribution in [0.5, 0.6) is 0 Å². The summed E-state index contributed by atoms with van der Waals surface area (Å²) < 4.78 is 8.38. The summed E-state index contributed by atoms with van der Waals surface area (Å²) in [5.41, 5.74) is 6.30. The number of benzene rings is 1. The molecule has 0 bridgehead atoms. The van der Waals surface area contributed by atoms with Gasteiger partial charge in [-0.3, -0.25) is 43.2 Å². The minimum Gasteiger partial charge on any atom is -0.480 e. The molecule has 1 aromatic heterocycles. The summed E-state index contributed by atoms with van der Waals surface area (Å²) in [6, 6.07) is 0.824. The molecular formula is C40H56N8O11. The highest BCUT2D eigenvalue weighted by atomic mass is 16.6. The van der Waals surface area contributed by atoms with E-state index < -0.39 is 71.5 Å². The van der Waals surface area contributed by atoms with Crippen LogP contribution in [-0.4, -0.2) is 114 Å². The zero-order valence-corrected chi connectivity index (χ0v) is 34.1. The quantitative estimate of drug-likeness (QED) is 0.126. The number of imidazole rings is 1. The van der Waals surface area contributed by atoms with E-state index in [1.54, 1.807) is 32.7 Å². The van der Waals surface area contributed by atoms with E-state index >= 15 is 0 Å². The number of aliphatic carboxylic acids is 1. The number of alkyl carbamates (subject to hydrolysis) is 1. The van der Waals surface area contributed by atoms with Crippen molar-refractivity contribution in [3.05, 3.63) is 34.2 Å². The van der Waals surface area contributed by atoms with Crippen LogP contribution < -0.4 is 27.4 Å². The zero-order chi connectivity index (χ0) is 43.2. The number of aromatic nitrogens is 2. The molecule has 5 rings (SSSR count). The first kappa shape index (κ1) is 44.4. The number of rotatable bonds is 15. The summed E-state index contributed by atoms with van der Waals surface area (Å²) in [5.74, 6) is -4.37. The molecule has 19 nitrogen and oxygen atoms in total. The Bertz CT molecular complexity index is 2030. The number of amides is 7. The summed E-state index contributed by atoms with van der Waals surface area (Å²) in [4.78, 5) is 117. The van der Waals surface area contributed by atoms with Crippen LogP contribution in [0.1, 0.15) is 109 Å². The van der Waals surface area contributed by atoms with E-state index in [2.05, 4.69) is 16.0 Å². The second-order valence-electron chi connectivity index (χ2n) is 16.6. The fourth-order valence-electron chi connectivity index (χ4n) is 8.14. The number of ether oxygens (including phenoxy) is 1. The number of aryl methyl sites for hydroxylation is 2. The number of hydrogen-bond donors (Lipinski definition) is 5. The number of nitrogens with one attached hydrogen (secondary N) is 3. The van der Waals surface area contributed by atoms with E-state index in [4.69, 9.17) is 10.5 Å². The van der Waals surface area contributed by atoms with Crippen molar-refractivity contribution in [2.24, 2.45) is 12.8 Å². The maximum Gasteiger partial charge on any atom is 0.408 e. The fourth-order valence-corrected chi connectivity index (χ4v) is 8.14. The highest BCUT2D eigenvalue weighted by Gasteiger charge is 2.46. The third kappa shape index (κ3) is 11.1. The Morgan fingerprint density at radius 3 is 2.37 bits per heavy atom. The normalized spacial score (nSPS) is 21.6. The lowest BCUT2D eigenvalue weighted by Crippen LogP contribution is -2.62. The van der Waals surface area contributed by atoms with Crippen molar-refractivity contribution in [1.29, 1.82) is 0 Å². The predicted octanol–water partition coefficient (Wildman–Crippen LogP) is 1.13. The lowest BCUT2D eigenvalue weighted by Gasteiger charge is -2.39. The van der Waals surface area contributed by atoms with Gasteiger partial charge in [-0.05, 0) is 89.8 Å². The Hall–Kier alpha value is -5.75. The van der Waals surface area contributed by atoms with Gasteiger partial charge in [0.25, 0.3) is 0 Å². The molecular weight excluding hydrogens is 768 g/mol. The van der Waals surface area contributed by atoms with Gasteiger partial charge in [-0.2, -0.15) is 0 Å². The largest absolute Gasteiger partial charge is 0.480 e. The third-order valence-electron chi connectivity index (χ3n) is 11.1. The lowest BCUT2D eigenvalue weighted by atomic mass is 10.0. The van der Waals surface area contributed by atoms with Crippen LogP contribution in [0.15, 0.2) is 23.0 Å². The maximum atomic E-state index is 14.2. The van der Waals surface area contributed by atoms with Crippen molar-refractivity contribution in [1.82, 2.24) is 34.9 Å². The molecule has 7 amide bonds. The molecule has 4 heterocycles. The van der Waals surface area contributed by atoms with Gasteiger partial charge < -0.3 is 36.0 Å². The Kier molecular flexibility index (Phi) is 14.2. The first-order chi connectivity index (χ1) is 27.8. The average Bonchev–Trinajstić information content (AvgIpc) is 3.68. The standard InChI is InChI=1S/C40H56N8O11/c1-40(2,3)59-38(57)43-26-22-46(20-19-24-12-15-28(47(24)36(26)54)34(52)42-25(37(55)56)13-17-31(41)49)33(51)10-8-6-5-7-9-23-11-14-27-30(21-23)45(4)39(58)48(27)29-16-18-32(50)44-35(29)53/h11,14,21,24-26,28-29H,5-10,12-13,15-20,22H2,1-4H3,(H2,41,49)(H,42,52)(H,43,57)(H,55,56)(H,44,50,53)/t24-,25?,26+,28+,29?/m1/s1. The van der Waals surface area contributed by atoms with Crippen molar-refractivity contribution in [2.75, 3.05) is 13.1 Å². The van der Waals surface area contributed by atoms with Crippen molar-refractivity contribution >= 4 is 58.5 Å². The number of imide groups is 1. The van der Waals surface area contributed by atoms with Gasteiger partial charge in [0.2, 0.25) is 35.4 Å². The van der Waals surface area contributed by atoms with Crippen LogP contribution in [0.3, 0.4) is 0 Å². The van der Waals surface area contributed by atoms with Crippen LogP contribution in [-0.2, 0) is 51.8 Å². The first-order valence-electron chi connectivity index (χ1n) is 20.3. The smallest absolute Gasteiger partial charge is 0.408 e. The summed E-state index contributed by atoms with van der Waals surface area (Å²) in [6.07, 6.45) is 4.05. The highest BCUT2D eigenvalue weighted by Crippen LogP contribution is 2.30. The third-order valence-corrected chi connectivity index (χ3v) is 11.1. The Morgan fingerprint density at radius 2 is 1.69 bits per heavy atom. The fraction of sp³-hybridized carbons (Fsp3) is 0.625. The minimum absolute atomic E-state index is 0.152. The molecule has 3 saturated heterocycles. The number of carboxylic acids is 1. The molecule has 0 radical (unpaired) electrons. The number of unbranched alkanes of at least 4 members (excludes halogenated alkanes) is 3. The van der Waals surface area contributed by atoms with Crippen LogP contribution in [0.4, 0.5) is 4.79 Å². The lowest BCUT2D eigenvalue weighted by molar-refractivity contribution is -0.147. The van der Waals surface area contributed by atoms with Crippen molar-refractivity contribution < 1.29 is 48.2 Å². The molecule has 3 fully saturated rings. The first-order valence-corrected chi connectivity index (χ1v) is 20.3. The topological polar surface area (TPSA) is 262 Å². The van der Waals surface area contributed by atoms with E-state index in [-0.39, 0.29) is 69.1 Å². The predicted molar refractivity (Wildman–Crippen MR) is 211 cm³/mol.